The molecular weight excluding hydrogens is 234 g/mol. The first-order valence-electron chi connectivity index (χ1n) is 5.05. The molecule has 18 heavy (non-hydrogen) atoms. The number of nitrogens with zero attached hydrogens (tertiary/aromatic N) is 2. The number of hydrogen-bond donors (Lipinski definition) is 2. The van der Waals surface area contributed by atoms with E-state index in [1.165, 1.54) is 0 Å². The summed E-state index contributed by atoms with van der Waals surface area (Å²) in [5, 5.41) is 18.0. The number of carboxylic acid groups (broad SMARTS) is 1. The average molecular weight is 243 g/mol. The summed E-state index contributed by atoms with van der Waals surface area (Å²) < 4.78 is 5.37. The van der Waals surface area contributed by atoms with Crippen LogP contribution < -0.4 is 4.74 Å². The normalized spacial score (nSPS) is 9.39. The fourth-order valence-corrected chi connectivity index (χ4v) is 1.33. The Kier molecular flexibility index (Phi) is 3.25. The fraction of sp³-hybridized carbons (Fsp3) is 0.0833. The van der Waals surface area contributed by atoms with Crippen molar-refractivity contribution in [3.8, 4) is 23.5 Å². The van der Waals surface area contributed by atoms with Gasteiger partial charge in [0.05, 0.1) is 0 Å². The van der Waals surface area contributed by atoms with Crippen LogP contribution in [0.5, 0.6) is 11.6 Å². The third kappa shape index (κ3) is 2.47. The molecule has 1 heterocycles. The van der Waals surface area contributed by atoms with Crippen molar-refractivity contribution in [3.05, 3.63) is 35.5 Å². The Balaban J connectivity index is 2.27. The van der Waals surface area contributed by atoms with Crippen molar-refractivity contribution in [2.75, 3.05) is 0 Å². The van der Waals surface area contributed by atoms with Gasteiger partial charge in [-0.15, -0.1) is 11.0 Å². The molecular formula is C12H9N3O3. The second-order valence-electron chi connectivity index (χ2n) is 3.30. The first-order valence-corrected chi connectivity index (χ1v) is 5.05. The van der Waals surface area contributed by atoms with Gasteiger partial charge in [0.25, 0.3) is 5.88 Å². The van der Waals surface area contributed by atoms with Crippen molar-refractivity contribution >= 4 is 5.97 Å². The number of aromatic carboxylic acids is 1. The number of hydrogen-bond acceptors (Lipinski definition) is 4. The number of aromatic amines is 1. The molecule has 0 aliphatic rings. The van der Waals surface area contributed by atoms with Crippen LogP contribution in [0.25, 0.3) is 0 Å². The van der Waals surface area contributed by atoms with Gasteiger partial charge in [0.1, 0.15) is 5.75 Å². The number of nitrogens with one attached hydrogen (secondary N) is 1. The highest BCUT2D eigenvalue weighted by molar-refractivity contribution is 5.87. The minimum Gasteiger partial charge on any atom is -0.476 e. The van der Waals surface area contributed by atoms with Crippen LogP contribution in [0.15, 0.2) is 24.3 Å². The summed E-state index contributed by atoms with van der Waals surface area (Å²) in [4.78, 5) is 10.8. The summed E-state index contributed by atoms with van der Waals surface area (Å²) in [6.45, 7) is 1.73. The number of carbonyl (C=O) groups is 1. The Morgan fingerprint density at radius 3 is 3.06 bits per heavy atom. The molecule has 0 unspecified atom stereocenters. The zero-order valence-electron chi connectivity index (χ0n) is 9.47. The Morgan fingerprint density at radius 2 is 2.33 bits per heavy atom. The molecule has 2 aromatic rings. The molecule has 0 spiro atoms. The molecule has 6 heteroatoms. The van der Waals surface area contributed by atoms with Gasteiger partial charge in [0, 0.05) is 5.56 Å². The second-order valence-corrected chi connectivity index (χ2v) is 3.30. The molecule has 0 radical (unpaired) electrons. The summed E-state index contributed by atoms with van der Waals surface area (Å²) >= 11 is 0. The standard InChI is InChI=1S/C12H9N3O3/c1-2-4-8-5-3-6-9(7-8)18-11-10(12(16)17)13-15-14-11/h3,5-7H,1H3,(H,16,17)(H,13,14,15). The van der Waals surface area contributed by atoms with Crippen LogP contribution in [0.1, 0.15) is 23.0 Å². The van der Waals surface area contributed by atoms with E-state index in [-0.39, 0.29) is 11.6 Å². The number of rotatable bonds is 3. The molecule has 0 saturated heterocycles. The van der Waals surface area contributed by atoms with Gasteiger partial charge in [-0.1, -0.05) is 17.2 Å². The SMILES string of the molecule is CC#Cc1cccc(Oc2[nH]nnc2C(=O)O)c1. The number of H-pyrrole nitrogens is 1. The number of aromatic nitrogens is 3. The molecule has 0 amide bonds. The minimum atomic E-state index is -1.21. The van der Waals surface area contributed by atoms with Crippen LogP contribution in [0.2, 0.25) is 0 Å². The number of carboxylic acids is 1. The third-order valence-corrected chi connectivity index (χ3v) is 2.04. The van der Waals surface area contributed by atoms with Crippen LogP contribution in [-0.2, 0) is 0 Å². The zero-order chi connectivity index (χ0) is 13.0. The average Bonchev–Trinajstić information content (AvgIpc) is 2.78. The maximum absolute atomic E-state index is 10.8. The lowest BCUT2D eigenvalue weighted by Gasteiger charge is -2.03. The molecule has 6 nitrogen and oxygen atoms in total. The van der Waals surface area contributed by atoms with Gasteiger partial charge in [-0.25, -0.2) is 9.89 Å². The molecule has 0 fully saturated rings. The van der Waals surface area contributed by atoms with Crippen molar-refractivity contribution in [1.82, 2.24) is 15.4 Å². The molecule has 0 bridgehead atoms. The van der Waals surface area contributed by atoms with Crippen molar-refractivity contribution in [2.24, 2.45) is 0 Å². The smallest absolute Gasteiger partial charge is 0.362 e. The first-order chi connectivity index (χ1) is 8.70. The van der Waals surface area contributed by atoms with Crippen LogP contribution in [0, 0.1) is 11.8 Å². The number of ether oxygens (including phenoxy) is 1. The second kappa shape index (κ2) is 5.01. The Hall–Kier alpha value is -2.81. The van der Waals surface area contributed by atoms with E-state index in [0.717, 1.165) is 5.56 Å². The molecule has 0 atom stereocenters. The van der Waals surface area contributed by atoms with Crippen molar-refractivity contribution in [3.63, 3.8) is 0 Å². The molecule has 90 valence electrons. The lowest BCUT2D eigenvalue weighted by molar-refractivity contribution is 0.0687. The lowest BCUT2D eigenvalue weighted by atomic mass is 10.2. The molecule has 0 aliphatic carbocycles. The van der Waals surface area contributed by atoms with E-state index >= 15 is 0 Å². The van der Waals surface area contributed by atoms with Gasteiger partial charge in [-0.3, -0.25) is 0 Å². The molecule has 2 rings (SSSR count). The Morgan fingerprint density at radius 1 is 1.50 bits per heavy atom. The van der Waals surface area contributed by atoms with Gasteiger partial charge in [0.15, 0.2) is 0 Å². The van der Waals surface area contributed by atoms with E-state index in [9.17, 15) is 4.79 Å². The highest BCUT2D eigenvalue weighted by atomic mass is 16.5. The van der Waals surface area contributed by atoms with Crippen LogP contribution in [0.3, 0.4) is 0 Å². The predicted octanol–water partition coefficient (Wildman–Crippen LogP) is 1.67. The van der Waals surface area contributed by atoms with Crippen molar-refractivity contribution in [1.29, 1.82) is 0 Å². The van der Waals surface area contributed by atoms with Crippen molar-refractivity contribution < 1.29 is 14.6 Å². The topological polar surface area (TPSA) is 88.1 Å². The Bertz CT molecular complexity index is 637. The van der Waals surface area contributed by atoms with E-state index in [1.54, 1.807) is 25.1 Å². The predicted molar refractivity (Wildman–Crippen MR) is 62.4 cm³/mol. The highest BCUT2D eigenvalue weighted by Crippen LogP contribution is 2.22. The van der Waals surface area contributed by atoms with Gasteiger partial charge in [-0.05, 0) is 25.1 Å². The van der Waals surface area contributed by atoms with E-state index in [4.69, 9.17) is 9.84 Å². The largest absolute Gasteiger partial charge is 0.476 e. The molecule has 0 aliphatic heterocycles. The first kappa shape index (κ1) is 11.7. The van der Waals surface area contributed by atoms with Gasteiger partial charge in [-0.2, -0.15) is 0 Å². The van der Waals surface area contributed by atoms with Crippen LogP contribution in [0.4, 0.5) is 0 Å². The maximum atomic E-state index is 10.8. The molecule has 2 N–H and O–H groups in total. The summed E-state index contributed by atoms with van der Waals surface area (Å²) in [6, 6.07) is 6.97. The molecule has 1 aromatic carbocycles. The summed E-state index contributed by atoms with van der Waals surface area (Å²) in [5.41, 5.74) is 0.515. The zero-order valence-corrected chi connectivity index (χ0v) is 9.47. The molecule has 1 aromatic heterocycles. The summed E-state index contributed by atoms with van der Waals surface area (Å²) in [6.07, 6.45) is 0. The van der Waals surface area contributed by atoms with Crippen LogP contribution >= 0.6 is 0 Å². The minimum absolute atomic E-state index is 0.0101. The van der Waals surface area contributed by atoms with Crippen molar-refractivity contribution in [2.45, 2.75) is 6.92 Å². The van der Waals surface area contributed by atoms with E-state index < -0.39 is 5.97 Å². The quantitative estimate of drug-likeness (QED) is 0.800. The summed E-state index contributed by atoms with van der Waals surface area (Å²) in [5.74, 6) is 4.89. The van der Waals surface area contributed by atoms with Gasteiger partial charge in [0.2, 0.25) is 5.69 Å². The van der Waals surface area contributed by atoms with E-state index in [0.29, 0.717) is 5.75 Å². The highest BCUT2D eigenvalue weighted by Gasteiger charge is 2.16. The Labute approximate surface area is 103 Å². The van der Waals surface area contributed by atoms with Gasteiger partial charge >= 0.3 is 5.97 Å². The summed E-state index contributed by atoms with van der Waals surface area (Å²) in [7, 11) is 0. The third-order valence-electron chi connectivity index (χ3n) is 2.04. The maximum Gasteiger partial charge on any atom is 0.362 e. The van der Waals surface area contributed by atoms with E-state index in [1.807, 2.05) is 6.07 Å². The monoisotopic (exact) mass is 243 g/mol. The van der Waals surface area contributed by atoms with E-state index in [2.05, 4.69) is 27.3 Å². The molecule has 0 saturated carbocycles. The fourth-order valence-electron chi connectivity index (χ4n) is 1.33. The van der Waals surface area contributed by atoms with Gasteiger partial charge < -0.3 is 9.84 Å². The van der Waals surface area contributed by atoms with Crippen LogP contribution in [-0.4, -0.2) is 26.5 Å². The lowest BCUT2D eigenvalue weighted by Crippen LogP contribution is -1.99. The number of benzene rings is 1.